The van der Waals surface area contributed by atoms with Gasteiger partial charge in [-0.25, -0.2) is 0 Å². The molecule has 4 N–H and O–H groups in total. The van der Waals surface area contributed by atoms with Crippen LogP contribution < -0.4 is 10.6 Å². The van der Waals surface area contributed by atoms with E-state index in [0.717, 1.165) is 42.6 Å². The fourth-order valence-corrected chi connectivity index (χ4v) is 5.30. The highest BCUT2D eigenvalue weighted by atomic mass is 16.3. The highest BCUT2D eigenvalue weighted by Crippen LogP contribution is 2.39. The summed E-state index contributed by atoms with van der Waals surface area (Å²) >= 11 is 0. The molecule has 33 heavy (non-hydrogen) atoms. The smallest absolute Gasteiger partial charge is 0.224 e. The van der Waals surface area contributed by atoms with E-state index in [0.29, 0.717) is 30.3 Å². The number of phenolic OH excluding ortho intramolecular Hbond substituents is 1. The Bertz CT molecular complexity index is 1100. The number of aromatic hydroxyl groups is 1. The fourth-order valence-electron chi connectivity index (χ4n) is 5.30. The SMILES string of the molecule is CN(c1ccc(-c2ccc(-c3cn[nH]c3)cc2O)nn1)C1CC2CC[C@@H](C1)N2C(=O)CCN. The molecular formula is C24H29N7O2. The summed E-state index contributed by atoms with van der Waals surface area (Å²) in [7, 11) is 2.04. The van der Waals surface area contributed by atoms with Crippen LogP contribution in [0.3, 0.4) is 0 Å². The first-order chi connectivity index (χ1) is 16.0. The first kappa shape index (κ1) is 21.4. The Morgan fingerprint density at radius 3 is 2.58 bits per heavy atom. The van der Waals surface area contributed by atoms with Crippen molar-refractivity contribution in [2.24, 2.45) is 5.73 Å². The lowest BCUT2D eigenvalue weighted by atomic mass is 9.95. The molecule has 2 aliphatic rings. The molecule has 2 unspecified atom stereocenters. The average molecular weight is 448 g/mol. The number of aromatic nitrogens is 4. The van der Waals surface area contributed by atoms with Crippen molar-refractivity contribution in [3.05, 3.63) is 42.7 Å². The van der Waals surface area contributed by atoms with Crippen molar-refractivity contribution in [2.75, 3.05) is 18.5 Å². The number of rotatable bonds is 6. The maximum atomic E-state index is 12.5. The Balaban J connectivity index is 1.29. The van der Waals surface area contributed by atoms with E-state index in [4.69, 9.17) is 5.73 Å². The quantitative estimate of drug-likeness (QED) is 0.530. The maximum Gasteiger partial charge on any atom is 0.224 e. The number of carbonyl (C=O) groups is 1. The number of carbonyl (C=O) groups excluding carboxylic acids is 1. The summed E-state index contributed by atoms with van der Waals surface area (Å²) in [6.07, 6.45) is 7.91. The van der Waals surface area contributed by atoms with Crippen molar-refractivity contribution in [3.63, 3.8) is 0 Å². The van der Waals surface area contributed by atoms with Crippen molar-refractivity contribution in [1.29, 1.82) is 0 Å². The minimum Gasteiger partial charge on any atom is -0.507 e. The van der Waals surface area contributed by atoms with Crippen LogP contribution in [0.25, 0.3) is 22.4 Å². The summed E-state index contributed by atoms with van der Waals surface area (Å²) in [6.45, 7) is 0.404. The third-order valence-electron chi connectivity index (χ3n) is 7.02. The number of benzene rings is 1. The molecule has 3 atom stereocenters. The number of nitrogens with two attached hydrogens (primary N) is 1. The number of anilines is 1. The van der Waals surface area contributed by atoms with Gasteiger partial charge in [0.05, 0.1) is 11.9 Å². The third-order valence-corrected chi connectivity index (χ3v) is 7.02. The monoisotopic (exact) mass is 447 g/mol. The largest absolute Gasteiger partial charge is 0.507 e. The molecule has 2 bridgehead atoms. The third kappa shape index (κ3) is 4.04. The summed E-state index contributed by atoms with van der Waals surface area (Å²) in [5.74, 6) is 1.13. The van der Waals surface area contributed by atoms with E-state index in [1.54, 1.807) is 18.5 Å². The number of hydrogen-bond donors (Lipinski definition) is 3. The van der Waals surface area contributed by atoms with Gasteiger partial charge in [-0.2, -0.15) is 5.10 Å². The van der Waals surface area contributed by atoms with Crippen molar-refractivity contribution >= 4 is 11.7 Å². The average Bonchev–Trinajstić information content (AvgIpc) is 3.45. The number of nitrogens with one attached hydrogen (secondary N) is 1. The standard InChI is InChI=1S/C24H29N7O2/c1-30(19-11-17-3-4-18(12-19)31(17)24(33)8-9-25)23-7-6-21(28-29-23)20-5-2-15(10-22(20)32)16-13-26-27-14-16/h2,5-7,10,13-14,17-19,32H,3-4,8-9,11-12,25H2,1H3,(H,26,27)/t17-,18?,19?/m0/s1. The number of nitrogens with zero attached hydrogens (tertiary/aromatic N) is 5. The van der Waals surface area contributed by atoms with Crippen LogP contribution >= 0.6 is 0 Å². The molecule has 1 aromatic carbocycles. The molecule has 3 aromatic rings. The van der Waals surface area contributed by atoms with Crippen molar-refractivity contribution in [2.45, 2.75) is 50.2 Å². The van der Waals surface area contributed by atoms with Gasteiger partial charge in [-0.3, -0.25) is 9.89 Å². The summed E-state index contributed by atoms with van der Waals surface area (Å²) in [6, 6.07) is 10.2. The van der Waals surface area contributed by atoms with Crippen LogP contribution in [0.2, 0.25) is 0 Å². The zero-order chi connectivity index (χ0) is 22.9. The van der Waals surface area contributed by atoms with Crippen LogP contribution in [0.15, 0.2) is 42.7 Å². The zero-order valence-electron chi connectivity index (χ0n) is 18.7. The van der Waals surface area contributed by atoms with E-state index in [1.807, 2.05) is 31.3 Å². The van der Waals surface area contributed by atoms with Gasteiger partial charge in [0.2, 0.25) is 5.91 Å². The molecule has 2 saturated heterocycles. The Kier molecular flexibility index (Phi) is 5.72. The van der Waals surface area contributed by atoms with Crippen LogP contribution in [0, 0.1) is 0 Å². The van der Waals surface area contributed by atoms with Crippen LogP contribution in [0.1, 0.15) is 32.1 Å². The van der Waals surface area contributed by atoms with Gasteiger partial charge in [0.25, 0.3) is 0 Å². The highest BCUT2D eigenvalue weighted by molar-refractivity contribution is 5.77. The second kappa shape index (κ2) is 8.82. The predicted octanol–water partition coefficient (Wildman–Crippen LogP) is 2.55. The number of phenols is 1. The number of H-pyrrole nitrogens is 1. The van der Waals surface area contributed by atoms with Gasteiger partial charge < -0.3 is 20.6 Å². The molecule has 9 nitrogen and oxygen atoms in total. The number of hydrogen-bond acceptors (Lipinski definition) is 7. The topological polar surface area (TPSA) is 124 Å². The Labute approximate surface area is 192 Å². The minimum atomic E-state index is 0.148. The van der Waals surface area contributed by atoms with Crippen molar-refractivity contribution in [3.8, 4) is 28.1 Å². The van der Waals surface area contributed by atoms with Crippen molar-refractivity contribution < 1.29 is 9.90 Å². The van der Waals surface area contributed by atoms with E-state index >= 15 is 0 Å². The van der Waals surface area contributed by atoms with Crippen LogP contribution in [0.4, 0.5) is 5.82 Å². The maximum absolute atomic E-state index is 12.5. The molecule has 0 spiro atoms. The molecule has 0 saturated carbocycles. The second-order valence-corrected chi connectivity index (χ2v) is 8.96. The van der Waals surface area contributed by atoms with Crippen LogP contribution in [-0.4, -0.2) is 68.0 Å². The lowest BCUT2D eigenvalue weighted by molar-refractivity contribution is -0.135. The second-order valence-electron chi connectivity index (χ2n) is 8.96. The Hall–Kier alpha value is -3.46. The number of fused-ring (bicyclic) bond motifs is 2. The van der Waals surface area contributed by atoms with E-state index in [2.05, 4.69) is 30.2 Å². The van der Waals surface area contributed by atoms with Crippen molar-refractivity contribution in [1.82, 2.24) is 25.3 Å². The number of aromatic amines is 1. The Morgan fingerprint density at radius 2 is 1.97 bits per heavy atom. The summed E-state index contributed by atoms with van der Waals surface area (Å²) in [5, 5.41) is 26.1. The van der Waals surface area contributed by atoms with E-state index in [1.165, 1.54) is 0 Å². The number of piperidine rings is 1. The molecule has 0 aliphatic carbocycles. The van der Waals surface area contributed by atoms with E-state index in [-0.39, 0.29) is 23.7 Å². The van der Waals surface area contributed by atoms with Gasteiger partial charge in [0.15, 0.2) is 5.82 Å². The molecular weight excluding hydrogens is 418 g/mol. The van der Waals surface area contributed by atoms with Gasteiger partial charge >= 0.3 is 0 Å². The van der Waals surface area contributed by atoms with E-state index < -0.39 is 0 Å². The van der Waals surface area contributed by atoms with Crippen LogP contribution in [-0.2, 0) is 4.79 Å². The molecule has 1 amide bonds. The molecule has 2 fully saturated rings. The summed E-state index contributed by atoms with van der Waals surface area (Å²) < 4.78 is 0. The molecule has 5 rings (SSSR count). The molecule has 9 heteroatoms. The van der Waals surface area contributed by atoms with Gasteiger partial charge in [0, 0.05) is 55.5 Å². The van der Waals surface area contributed by atoms with Gasteiger partial charge in [-0.15, -0.1) is 10.2 Å². The lowest BCUT2D eigenvalue weighted by Gasteiger charge is -2.42. The Morgan fingerprint density at radius 1 is 1.18 bits per heavy atom. The first-order valence-electron chi connectivity index (χ1n) is 11.5. The van der Waals surface area contributed by atoms with Gasteiger partial charge in [-0.05, 0) is 55.5 Å². The molecule has 0 radical (unpaired) electrons. The van der Waals surface area contributed by atoms with Crippen LogP contribution in [0.5, 0.6) is 5.75 Å². The number of amides is 1. The molecule has 2 aliphatic heterocycles. The minimum absolute atomic E-state index is 0.148. The molecule has 2 aromatic heterocycles. The lowest BCUT2D eigenvalue weighted by Crippen LogP contribution is -2.52. The first-order valence-corrected chi connectivity index (χ1v) is 11.5. The van der Waals surface area contributed by atoms with E-state index in [9.17, 15) is 9.90 Å². The summed E-state index contributed by atoms with van der Waals surface area (Å²) in [5.41, 5.74) is 8.63. The zero-order valence-corrected chi connectivity index (χ0v) is 18.7. The van der Waals surface area contributed by atoms with Gasteiger partial charge in [-0.1, -0.05) is 6.07 Å². The summed E-state index contributed by atoms with van der Waals surface area (Å²) in [4.78, 5) is 16.7. The van der Waals surface area contributed by atoms with Gasteiger partial charge in [0.1, 0.15) is 5.75 Å². The molecule has 4 heterocycles. The normalized spacial score (nSPS) is 21.9. The molecule has 172 valence electrons. The predicted molar refractivity (Wildman–Crippen MR) is 125 cm³/mol. The highest BCUT2D eigenvalue weighted by Gasteiger charge is 2.44. The fraction of sp³-hybridized carbons (Fsp3) is 0.417.